The van der Waals surface area contributed by atoms with Gasteiger partial charge >= 0.3 is 5.97 Å². The number of carbonyl (C=O) groups is 2. The fourth-order valence-electron chi connectivity index (χ4n) is 4.65. The number of esters is 1. The molecule has 9 nitrogen and oxygen atoms in total. The van der Waals surface area contributed by atoms with E-state index in [4.69, 9.17) is 19.2 Å². The number of hydrogen-bond acceptors (Lipinski definition) is 8. The fourth-order valence-corrected chi connectivity index (χ4v) is 5.56. The molecule has 3 aromatic rings. The third kappa shape index (κ3) is 5.58. The van der Waals surface area contributed by atoms with Gasteiger partial charge < -0.3 is 19.1 Å². The molecule has 2 aromatic carbocycles. The zero-order chi connectivity index (χ0) is 25.8. The van der Waals surface area contributed by atoms with Crippen LogP contribution in [0.4, 0.5) is 0 Å². The highest BCUT2D eigenvalue weighted by Crippen LogP contribution is 2.31. The van der Waals surface area contributed by atoms with Gasteiger partial charge in [0.25, 0.3) is 5.56 Å². The number of fused-ring (bicyclic) bond motifs is 2. The Morgan fingerprint density at radius 1 is 1.14 bits per heavy atom. The second-order valence-electron chi connectivity index (χ2n) is 9.04. The topological polar surface area (TPSA) is 100.0 Å². The number of ether oxygens (including phenoxy) is 3. The number of hydrogen-bond donors (Lipinski definition) is 0. The minimum Gasteiger partial charge on any atom is -0.486 e. The van der Waals surface area contributed by atoms with Crippen molar-refractivity contribution in [3.63, 3.8) is 0 Å². The number of thioether (sulfide) groups is 1. The molecule has 5 rings (SSSR count). The highest BCUT2D eigenvalue weighted by atomic mass is 32.2. The van der Waals surface area contributed by atoms with Crippen LogP contribution in [0.2, 0.25) is 0 Å². The summed E-state index contributed by atoms with van der Waals surface area (Å²) in [5.74, 6) is 0.751. The van der Waals surface area contributed by atoms with Crippen molar-refractivity contribution in [2.75, 3.05) is 32.1 Å². The summed E-state index contributed by atoms with van der Waals surface area (Å²) in [4.78, 5) is 45.1. The first-order valence-corrected chi connectivity index (χ1v) is 13.5. The maximum Gasteiger partial charge on any atom is 0.310 e. The van der Waals surface area contributed by atoms with Crippen molar-refractivity contribution in [2.45, 2.75) is 37.6 Å². The Bertz CT molecular complexity index is 1360. The lowest BCUT2D eigenvalue weighted by Gasteiger charge is -2.31. The van der Waals surface area contributed by atoms with Gasteiger partial charge in [0.05, 0.1) is 35.7 Å². The number of aromatic nitrogens is 2. The Labute approximate surface area is 218 Å². The van der Waals surface area contributed by atoms with Crippen molar-refractivity contribution in [3.8, 4) is 11.5 Å². The van der Waals surface area contributed by atoms with Crippen LogP contribution in [0.25, 0.3) is 10.9 Å². The molecule has 1 fully saturated rings. The summed E-state index contributed by atoms with van der Waals surface area (Å²) in [6.45, 7) is 3.58. The van der Waals surface area contributed by atoms with Gasteiger partial charge in [0.15, 0.2) is 22.8 Å². The van der Waals surface area contributed by atoms with Gasteiger partial charge in [-0.1, -0.05) is 36.0 Å². The number of para-hydroxylation sites is 3. The van der Waals surface area contributed by atoms with Crippen molar-refractivity contribution in [1.29, 1.82) is 0 Å². The van der Waals surface area contributed by atoms with Crippen molar-refractivity contribution < 1.29 is 23.8 Å². The number of rotatable bonds is 7. The summed E-state index contributed by atoms with van der Waals surface area (Å²) < 4.78 is 18.6. The molecular formula is C27H29N3O6S. The molecule has 0 aliphatic carbocycles. The predicted octanol–water partition coefficient (Wildman–Crippen LogP) is 3.13. The Balaban J connectivity index is 1.34. The maximum absolute atomic E-state index is 13.5. The van der Waals surface area contributed by atoms with Gasteiger partial charge in [-0.3, -0.25) is 19.0 Å². The average molecular weight is 524 g/mol. The molecule has 0 radical (unpaired) electrons. The minimum absolute atomic E-state index is 0.0980. The third-order valence-electron chi connectivity index (χ3n) is 6.50. The molecule has 3 heterocycles. The lowest BCUT2D eigenvalue weighted by molar-refractivity contribution is -0.151. The quantitative estimate of drug-likeness (QED) is 0.265. The maximum atomic E-state index is 13.5. The third-order valence-corrected chi connectivity index (χ3v) is 7.46. The van der Waals surface area contributed by atoms with Crippen molar-refractivity contribution >= 4 is 34.5 Å². The lowest BCUT2D eigenvalue weighted by Crippen LogP contribution is -2.43. The molecule has 1 aromatic heterocycles. The van der Waals surface area contributed by atoms with Gasteiger partial charge in [0, 0.05) is 13.1 Å². The SMILES string of the molecule is CCOC(=O)[C@H]1CCCN(C(=O)CSc2nc3ccccc3c(=O)n2C[C@@H]2COc3ccccc3O2)C1. The molecular weight excluding hydrogens is 494 g/mol. The van der Waals surface area contributed by atoms with E-state index in [1.54, 1.807) is 34.6 Å². The molecule has 194 valence electrons. The number of nitrogens with zero attached hydrogens (tertiary/aromatic N) is 3. The van der Waals surface area contributed by atoms with Crippen LogP contribution < -0.4 is 15.0 Å². The molecule has 37 heavy (non-hydrogen) atoms. The van der Waals surface area contributed by atoms with Crippen LogP contribution in [0.15, 0.2) is 58.5 Å². The molecule has 0 bridgehead atoms. The zero-order valence-electron chi connectivity index (χ0n) is 20.6. The molecule has 0 N–H and O–H groups in total. The first-order chi connectivity index (χ1) is 18.0. The van der Waals surface area contributed by atoms with E-state index >= 15 is 0 Å². The van der Waals surface area contributed by atoms with Crippen molar-refractivity contribution in [3.05, 3.63) is 58.9 Å². The molecule has 0 saturated carbocycles. The summed E-state index contributed by atoms with van der Waals surface area (Å²) in [5, 5.41) is 0.946. The van der Waals surface area contributed by atoms with E-state index < -0.39 is 6.10 Å². The summed E-state index contributed by atoms with van der Waals surface area (Å²) in [6, 6.07) is 14.6. The predicted molar refractivity (Wildman–Crippen MR) is 139 cm³/mol. The number of likely N-dealkylation sites (tertiary alicyclic amines) is 1. The Morgan fingerprint density at radius 2 is 1.92 bits per heavy atom. The summed E-state index contributed by atoms with van der Waals surface area (Å²) in [5.41, 5.74) is 0.383. The first kappa shape index (κ1) is 25.1. The van der Waals surface area contributed by atoms with Crippen LogP contribution in [-0.2, 0) is 20.9 Å². The molecule has 1 saturated heterocycles. The summed E-state index contributed by atoms with van der Waals surface area (Å²) in [7, 11) is 0. The highest BCUT2D eigenvalue weighted by molar-refractivity contribution is 7.99. The first-order valence-electron chi connectivity index (χ1n) is 12.5. The van der Waals surface area contributed by atoms with Crippen molar-refractivity contribution in [2.24, 2.45) is 5.92 Å². The molecule has 0 unspecified atom stereocenters. The normalized spacial score (nSPS) is 19.0. The van der Waals surface area contributed by atoms with Gasteiger partial charge in [-0.2, -0.15) is 0 Å². The Hall–Kier alpha value is -3.53. The van der Waals surface area contributed by atoms with Crippen LogP contribution in [0.5, 0.6) is 11.5 Å². The summed E-state index contributed by atoms with van der Waals surface area (Å²) in [6.07, 6.45) is 1.08. The van der Waals surface area contributed by atoms with Gasteiger partial charge in [-0.25, -0.2) is 4.98 Å². The number of carbonyl (C=O) groups excluding carboxylic acids is 2. The molecule has 2 aliphatic heterocycles. The molecule has 2 atom stereocenters. The number of amides is 1. The van der Waals surface area contributed by atoms with E-state index in [0.29, 0.717) is 60.3 Å². The summed E-state index contributed by atoms with van der Waals surface area (Å²) >= 11 is 1.22. The van der Waals surface area contributed by atoms with Crippen LogP contribution in [0, 0.1) is 5.92 Å². The van der Waals surface area contributed by atoms with E-state index in [9.17, 15) is 14.4 Å². The Kier molecular flexibility index (Phi) is 7.64. The monoisotopic (exact) mass is 523 g/mol. The van der Waals surface area contributed by atoms with E-state index in [1.807, 2.05) is 30.3 Å². The minimum atomic E-state index is -0.391. The number of piperidine rings is 1. The fraction of sp³-hybridized carbons (Fsp3) is 0.407. The van der Waals surface area contributed by atoms with Crippen LogP contribution >= 0.6 is 11.8 Å². The van der Waals surface area contributed by atoms with Crippen LogP contribution in [-0.4, -0.2) is 64.5 Å². The highest BCUT2D eigenvalue weighted by Gasteiger charge is 2.30. The van der Waals surface area contributed by atoms with E-state index in [1.165, 1.54) is 11.8 Å². The smallest absolute Gasteiger partial charge is 0.310 e. The van der Waals surface area contributed by atoms with E-state index in [-0.39, 0.29) is 35.7 Å². The molecule has 2 aliphatic rings. The Morgan fingerprint density at radius 3 is 2.76 bits per heavy atom. The van der Waals surface area contributed by atoms with Gasteiger partial charge in [-0.15, -0.1) is 0 Å². The van der Waals surface area contributed by atoms with Crippen molar-refractivity contribution in [1.82, 2.24) is 14.5 Å². The molecule has 10 heteroatoms. The van der Waals surface area contributed by atoms with E-state index in [2.05, 4.69) is 0 Å². The van der Waals surface area contributed by atoms with Gasteiger partial charge in [0.2, 0.25) is 5.91 Å². The standard InChI is InChI=1S/C27H29N3O6S/c1-2-34-26(33)18-8-7-13-29(14-18)24(31)17-37-27-28-21-10-4-3-9-20(21)25(32)30(27)15-19-16-35-22-11-5-6-12-23(22)36-19/h3-6,9-12,18-19H,2,7-8,13-17H2,1H3/t18-,19+/m0/s1. The number of benzene rings is 2. The average Bonchev–Trinajstić information content (AvgIpc) is 2.93. The van der Waals surface area contributed by atoms with Crippen LogP contribution in [0.3, 0.4) is 0 Å². The second-order valence-corrected chi connectivity index (χ2v) is 9.99. The molecule has 0 spiro atoms. The lowest BCUT2D eigenvalue weighted by atomic mass is 9.98. The van der Waals surface area contributed by atoms with Gasteiger partial charge in [-0.05, 0) is 44.0 Å². The van der Waals surface area contributed by atoms with E-state index in [0.717, 1.165) is 6.42 Å². The van der Waals surface area contributed by atoms with Crippen LogP contribution in [0.1, 0.15) is 19.8 Å². The zero-order valence-corrected chi connectivity index (χ0v) is 21.4. The van der Waals surface area contributed by atoms with Gasteiger partial charge in [0.1, 0.15) is 6.61 Å². The largest absolute Gasteiger partial charge is 0.486 e. The molecule has 1 amide bonds. The second kappa shape index (κ2) is 11.2.